The third-order valence-corrected chi connectivity index (χ3v) is 6.87. The van der Waals surface area contributed by atoms with Crippen LogP contribution in [0.1, 0.15) is 44.1 Å². The molecule has 1 aromatic rings. The number of nitrogens with two attached hydrogens (primary N) is 1. The molecule has 2 fully saturated rings. The van der Waals surface area contributed by atoms with Crippen molar-refractivity contribution < 1.29 is 9.47 Å². The number of nitrogens with zero attached hydrogens (tertiary/aromatic N) is 2. The van der Waals surface area contributed by atoms with Crippen molar-refractivity contribution in [2.45, 2.75) is 44.1 Å². The number of rotatable bonds is 9. The second-order valence-corrected chi connectivity index (χ2v) is 9.29. The fraction of sp³-hybridized carbons (Fsp3) is 0.640. The minimum absolute atomic E-state index is 0.613. The van der Waals surface area contributed by atoms with Crippen LogP contribution >= 0.6 is 0 Å². The van der Waals surface area contributed by atoms with Crippen LogP contribution in [0, 0.1) is 5.92 Å². The average Bonchev–Trinajstić information content (AvgIpc) is 3.35. The molecule has 0 radical (unpaired) electrons. The summed E-state index contributed by atoms with van der Waals surface area (Å²) in [5.74, 6) is 3.12. The Morgan fingerprint density at radius 3 is 2.78 bits per heavy atom. The first-order valence-corrected chi connectivity index (χ1v) is 12.2. The van der Waals surface area contributed by atoms with Crippen molar-refractivity contribution in [2.75, 3.05) is 53.0 Å². The van der Waals surface area contributed by atoms with Crippen LogP contribution in [0.5, 0.6) is 11.5 Å². The highest BCUT2D eigenvalue weighted by molar-refractivity contribution is 5.86. The summed E-state index contributed by atoms with van der Waals surface area (Å²) < 4.78 is 11.7. The molecule has 3 heterocycles. The Morgan fingerprint density at radius 1 is 1.19 bits per heavy atom. The lowest BCUT2D eigenvalue weighted by Gasteiger charge is -2.31. The van der Waals surface area contributed by atoms with Crippen molar-refractivity contribution in [2.24, 2.45) is 16.6 Å². The maximum atomic E-state index is 6.86. The predicted molar refractivity (Wildman–Crippen MR) is 129 cm³/mol. The normalized spacial score (nSPS) is 25.8. The number of methoxy groups -OCH3 is 1. The smallest absolute Gasteiger partial charge is 0.161 e. The zero-order valence-electron chi connectivity index (χ0n) is 19.4. The van der Waals surface area contributed by atoms with Crippen LogP contribution in [0.15, 0.2) is 35.5 Å². The fourth-order valence-electron chi connectivity index (χ4n) is 4.83. The molecule has 0 bridgehead atoms. The Morgan fingerprint density at radius 2 is 2.00 bits per heavy atom. The van der Waals surface area contributed by atoms with Gasteiger partial charge in [0, 0.05) is 25.7 Å². The topological polar surface area (TPSA) is 84.1 Å². The van der Waals surface area contributed by atoms with Crippen LogP contribution < -0.4 is 25.8 Å². The van der Waals surface area contributed by atoms with Crippen LogP contribution in [-0.4, -0.2) is 63.7 Å². The van der Waals surface area contributed by atoms with Gasteiger partial charge in [-0.25, -0.2) is 0 Å². The molecule has 32 heavy (non-hydrogen) atoms. The first-order chi connectivity index (χ1) is 15.7. The highest BCUT2D eigenvalue weighted by Crippen LogP contribution is 2.34. The van der Waals surface area contributed by atoms with Crippen molar-refractivity contribution in [1.82, 2.24) is 15.5 Å². The highest BCUT2D eigenvalue weighted by Gasteiger charge is 2.30. The molecule has 7 nitrogen and oxygen atoms in total. The lowest BCUT2D eigenvalue weighted by atomic mass is 9.85. The Balaban J connectivity index is 1.38. The summed E-state index contributed by atoms with van der Waals surface area (Å²) in [5, 5.41) is 6.72. The molecule has 0 amide bonds. The summed E-state index contributed by atoms with van der Waals surface area (Å²) in [7, 11) is 1.68. The third kappa shape index (κ3) is 6.03. The van der Waals surface area contributed by atoms with Gasteiger partial charge in [0.25, 0.3) is 0 Å². The van der Waals surface area contributed by atoms with Gasteiger partial charge in [-0.2, -0.15) is 0 Å². The molecule has 7 heteroatoms. The highest BCUT2D eigenvalue weighted by atomic mass is 16.5. The Labute approximate surface area is 192 Å². The predicted octanol–water partition coefficient (Wildman–Crippen LogP) is 2.62. The molecule has 3 aliphatic rings. The van der Waals surface area contributed by atoms with Gasteiger partial charge < -0.3 is 30.7 Å². The van der Waals surface area contributed by atoms with Crippen LogP contribution in [-0.2, 0) is 5.54 Å². The van der Waals surface area contributed by atoms with Crippen molar-refractivity contribution in [3.05, 3.63) is 36.0 Å². The first kappa shape index (κ1) is 23.1. The van der Waals surface area contributed by atoms with Gasteiger partial charge in [0.05, 0.1) is 19.3 Å². The number of piperidine rings is 1. The molecule has 4 N–H and O–H groups in total. The van der Waals surface area contributed by atoms with E-state index in [1.54, 1.807) is 7.11 Å². The minimum atomic E-state index is -0.613. The van der Waals surface area contributed by atoms with Gasteiger partial charge in [0.2, 0.25) is 0 Å². The van der Waals surface area contributed by atoms with Gasteiger partial charge >= 0.3 is 0 Å². The van der Waals surface area contributed by atoms with E-state index in [1.165, 1.54) is 38.8 Å². The number of likely N-dealkylation sites (tertiary alicyclic amines) is 1. The minimum Gasteiger partial charge on any atom is -0.493 e. The largest absolute Gasteiger partial charge is 0.493 e. The quantitative estimate of drug-likeness (QED) is 0.511. The molecule has 2 saturated heterocycles. The van der Waals surface area contributed by atoms with Gasteiger partial charge in [0.15, 0.2) is 11.5 Å². The van der Waals surface area contributed by atoms with Crippen molar-refractivity contribution in [3.63, 3.8) is 0 Å². The van der Waals surface area contributed by atoms with E-state index in [2.05, 4.69) is 15.5 Å². The Hall–Kier alpha value is -2.09. The average molecular weight is 442 g/mol. The molecule has 0 saturated carbocycles. The summed E-state index contributed by atoms with van der Waals surface area (Å²) in [5.41, 5.74) is 7.26. The zero-order chi connectivity index (χ0) is 22.2. The maximum Gasteiger partial charge on any atom is 0.161 e. The third-order valence-electron chi connectivity index (χ3n) is 6.87. The first-order valence-electron chi connectivity index (χ1n) is 12.2. The summed E-state index contributed by atoms with van der Waals surface area (Å²) in [6.45, 7) is 7.25. The van der Waals surface area contributed by atoms with E-state index >= 15 is 0 Å². The van der Waals surface area contributed by atoms with Gasteiger partial charge in [0.1, 0.15) is 5.84 Å². The van der Waals surface area contributed by atoms with Gasteiger partial charge in [-0.15, -0.1) is 0 Å². The van der Waals surface area contributed by atoms with Gasteiger partial charge in [-0.3, -0.25) is 4.99 Å². The summed E-state index contributed by atoms with van der Waals surface area (Å²) in [6.07, 6.45) is 10.6. The second kappa shape index (κ2) is 11.2. The number of amidine groups is 1. The maximum absolute atomic E-state index is 6.86. The SMILES string of the molecule is COc1ccc(C2(N)C=CNC(=NCC3CCNCC3)C2)cc1OCCCN1CCCC1. The molecule has 1 unspecified atom stereocenters. The number of nitrogens with one attached hydrogen (secondary N) is 2. The lowest BCUT2D eigenvalue weighted by Crippen LogP contribution is -2.43. The molecule has 0 aromatic heterocycles. The Bertz CT molecular complexity index is 800. The molecular weight excluding hydrogens is 402 g/mol. The number of aliphatic imine (C=N–C) groups is 1. The van der Waals surface area contributed by atoms with Crippen LogP contribution in [0.3, 0.4) is 0 Å². The van der Waals surface area contributed by atoms with E-state index in [9.17, 15) is 0 Å². The Kier molecular flexibility index (Phi) is 8.05. The molecule has 4 rings (SSSR count). The van der Waals surface area contributed by atoms with Crippen LogP contribution in [0.4, 0.5) is 0 Å². The van der Waals surface area contributed by atoms with Gasteiger partial charge in [-0.1, -0.05) is 6.07 Å². The van der Waals surface area contributed by atoms with E-state index in [-0.39, 0.29) is 0 Å². The number of hydrogen-bond acceptors (Lipinski definition) is 6. The van der Waals surface area contributed by atoms with Crippen LogP contribution in [0.25, 0.3) is 0 Å². The molecule has 1 atom stereocenters. The van der Waals surface area contributed by atoms with E-state index in [4.69, 9.17) is 20.2 Å². The molecule has 0 aliphatic carbocycles. The standard InChI is InChI=1S/C25H39N5O2/c1-31-22-6-5-21(17-23(22)32-16-4-15-30-13-2-3-14-30)25(26)9-12-28-24(18-25)29-19-20-7-10-27-11-8-20/h5-6,9,12,17,20,27H,2-4,7-8,10-11,13-16,18-19,26H2,1H3,(H,28,29). The van der Waals surface area contributed by atoms with E-state index in [1.807, 2.05) is 30.5 Å². The molecule has 0 spiro atoms. The van der Waals surface area contributed by atoms with Gasteiger partial charge in [-0.05, 0) is 88.0 Å². The van der Waals surface area contributed by atoms with E-state index in [0.717, 1.165) is 55.5 Å². The lowest BCUT2D eigenvalue weighted by molar-refractivity contribution is 0.254. The van der Waals surface area contributed by atoms with E-state index < -0.39 is 5.54 Å². The molecular formula is C25H39N5O2. The van der Waals surface area contributed by atoms with Crippen molar-refractivity contribution >= 4 is 5.84 Å². The summed E-state index contributed by atoms with van der Waals surface area (Å²) >= 11 is 0. The number of hydrogen-bond donors (Lipinski definition) is 3. The molecule has 3 aliphatic heterocycles. The monoisotopic (exact) mass is 441 g/mol. The number of benzene rings is 1. The second-order valence-electron chi connectivity index (χ2n) is 9.29. The summed E-state index contributed by atoms with van der Waals surface area (Å²) in [4.78, 5) is 7.38. The molecule has 176 valence electrons. The zero-order valence-corrected chi connectivity index (χ0v) is 19.4. The molecule has 1 aromatic carbocycles. The van der Waals surface area contributed by atoms with Crippen molar-refractivity contribution in [3.8, 4) is 11.5 Å². The number of ether oxygens (including phenoxy) is 2. The summed E-state index contributed by atoms with van der Waals surface area (Å²) in [6, 6.07) is 6.03. The van der Waals surface area contributed by atoms with E-state index in [0.29, 0.717) is 18.9 Å². The fourth-order valence-corrected chi connectivity index (χ4v) is 4.83. The van der Waals surface area contributed by atoms with Crippen LogP contribution in [0.2, 0.25) is 0 Å². The van der Waals surface area contributed by atoms with Crippen molar-refractivity contribution in [1.29, 1.82) is 0 Å².